The molecule has 0 aliphatic heterocycles. The van der Waals surface area contributed by atoms with Crippen LogP contribution in [0.25, 0.3) is 22.8 Å². The van der Waals surface area contributed by atoms with Crippen LogP contribution in [0.2, 0.25) is 0 Å². The largest absolute Gasteiger partial charge is 0.507 e. The number of hydrogen-bond acceptors (Lipinski definition) is 6. The summed E-state index contributed by atoms with van der Waals surface area (Å²) < 4.78 is 5.24. The standard InChI is InChI=1S/C15H14N4O2/c1-2-9-8-17-6-5-11(9)14-18-15(21-19-14)12-4-3-10(16)7-13(12)20/h3-8,20H,2,16H2,1H3. The van der Waals surface area contributed by atoms with Crippen molar-refractivity contribution in [3.63, 3.8) is 0 Å². The number of rotatable bonds is 3. The first kappa shape index (κ1) is 13.1. The van der Waals surface area contributed by atoms with E-state index in [1.54, 1.807) is 24.5 Å². The summed E-state index contributed by atoms with van der Waals surface area (Å²) in [5.41, 5.74) is 8.44. The van der Waals surface area contributed by atoms with Gasteiger partial charge < -0.3 is 15.4 Å². The number of hydrogen-bond donors (Lipinski definition) is 2. The van der Waals surface area contributed by atoms with Gasteiger partial charge in [0.25, 0.3) is 5.89 Å². The van der Waals surface area contributed by atoms with Crippen molar-refractivity contribution < 1.29 is 9.63 Å². The van der Waals surface area contributed by atoms with Crippen molar-refractivity contribution in [1.29, 1.82) is 0 Å². The molecule has 0 aliphatic carbocycles. The lowest BCUT2D eigenvalue weighted by atomic mass is 10.1. The van der Waals surface area contributed by atoms with Crippen LogP contribution >= 0.6 is 0 Å². The van der Waals surface area contributed by atoms with Crippen LogP contribution in [0.4, 0.5) is 5.69 Å². The predicted octanol–water partition coefficient (Wildman–Crippen LogP) is 2.65. The average molecular weight is 282 g/mol. The number of aromatic nitrogens is 3. The Bertz CT molecular complexity index is 783. The summed E-state index contributed by atoms with van der Waals surface area (Å²) in [5, 5.41) is 13.9. The van der Waals surface area contributed by atoms with E-state index in [-0.39, 0.29) is 11.6 Å². The molecule has 0 amide bonds. The molecule has 2 heterocycles. The molecular weight excluding hydrogens is 268 g/mol. The molecule has 3 rings (SSSR count). The first-order valence-electron chi connectivity index (χ1n) is 6.55. The van der Waals surface area contributed by atoms with Crippen LogP contribution in [0.5, 0.6) is 5.75 Å². The number of nitrogens with zero attached hydrogens (tertiary/aromatic N) is 3. The van der Waals surface area contributed by atoms with Crippen LogP contribution < -0.4 is 5.73 Å². The van der Waals surface area contributed by atoms with Crippen LogP contribution in [0.15, 0.2) is 41.2 Å². The number of phenols is 1. The number of nitrogen functional groups attached to an aromatic ring is 1. The van der Waals surface area contributed by atoms with Crippen LogP contribution in [-0.4, -0.2) is 20.2 Å². The molecule has 3 aromatic rings. The first-order valence-corrected chi connectivity index (χ1v) is 6.55. The first-order chi connectivity index (χ1) is 10.2. The topological polar surface area (TPSA) is 98.1 Å². The van der Waals surface area contributed by atoms with Gasteiger partial charge in [-0.1, -0.05) is 12.1 Å². The van der Waals surface area contributed by atoms with Gasteiger partial charge in [0.1, 0.15) is 5.75 Å². The summed E-state index contributed by atoms with van der Waals surface area (Å²) >= 11 is 0. The van der Waals surface area contributed by atoms with Crippen LogP contribution in [0, 0.1) is 0 Å². The van der Waals surface area contributed by atoms with Crippen molar-refractivity contribution >= 4 is 5.69 Å². The zero-order valence-corrected chi connectivity index (χ0v) is 11.4. The van der Waals surface area contributed by atoms with Gasteiger partial charge in [-0.3, -0.25) is 4.98 Å². The highest BCUT2D eigenvalue weighted by molar-refractivity contribution is 5.68. The molecule has 0 saturated heterocycles. The molecule has 3 N–H and O–H groups in total. The highest BCUT2D eigenvalue weighted by Gasteiger charge is 2.15. The van der Waals surface area contributed by atoms with Gasteiger partial charge in [0, 0.05) is 29.7 Å². The summed E-state index contributed by atoms with van der Waals surface area (Å²) in [5.74, 6) is 0.734. The van der Waals surface area contributed by atoms with E-state index >= 15 is 0 Å². The smallest absolute Gasteiger partial charge is 0.262 e. The zero-order chi connectivity index (χ0) is 14.8. The summed E-state index contributed by atoms with van der Waals surface area (Å²) in [7, 11) is 0. The Hall–Kier alpha value is -2.89. The normalized spacial score (nSPS) is 10.7. The number of nitrogens with two attached hydrogens (primary N) is 1. The van der Waals surface area contributed by atoms with E-state index in [2.05, 4.69) is 15.1 Å². The maximum atomic E-state index is 9.91. The van der Waals surface area contributed by atoms with Gasteiger partial charge in [-0.2, -0.15) is 4.98 Å². The zero-order valence-electron chi connectivity index (χ0n) is 11.4. The average Bonchev–Trinajstić information content (AvgIpc) is 2.96. The molecule has 0 atom stereocenters. The number of phenolic OH excluding ortho intramolecular Hbond substituents is 1. The number of aryl methyl sites for hydroxylation is 1. The quantitative estimate of drug-likeness (QED) is 0.716. The SMILES string of the molecule is CCc1cnccc1-c1noc(-c2ccc(N)cc2O)n1. The lowest BCUT2D eigenvalue weighted by Gasteiger charge is -2.01. The Morgan fingerprint density at radius 3 is 2.86 bits per heavy atom. The van der Waals surface area contributed by atoms with Gasteiger partial charge in [-0.15, -0.1) is 0 Å². The molecule has 6 nitrogen and oxygen atoms in total. The number of benzene rings is 1. The Morgan fingerprint density at radius 2 is 2.10 bits per heavy atom. The van der Waals surface area contributed by atoms with E-state index in [1.807, 2.05) is 13.0 Å². The molecule has 1 aromatic carbocycles. The fraction of sp³-hybridized carbons (Fsp3) is 0.133. The third kappa shape index (κ3) is 2.43. The molecule has 0 bridgehead atoms. The van der Waals surface area contributed by atoms with Gasteiger partial charge in [0.05, 0.1) is 5.56 Å². The van der Waals surface area contributed by atoms with Crippen molar-refractivity contribution in [2.45, 2.75) is 13.3 Å². The van der Waals surface area contributed by atoms with Gasteiger partial charge in [-0.05, 0) is 30.2 Å². The Kier molecular flexibility index (Phi) is 3.27. The van der Waals surface area contributed by atoms with E-state index < -0.39 is 0 Å². The van der Waals surface area contributed by atoms with Crippen molar-refractivity contribution in [3.05, 3.63) is 42.2 Å². The summed E-state index contributed by atoms with van der Waals surface area (Å²) in [6.45, 7) is 2.04. The Labute approximate surface area is 121 Å². The van der Waals surface area contributed by atoms with Crippen LogP contribution in [0.1, 0.15) is 12.5 Å². The maximum absolute atomic E-state index is 9.91. The minimum atomic E-state index is 0.00985. The molecule has 6 heteroatoms. The minimum absolute atomic E-state index is 0.00985. The molecule has 106 valence electrons. The van der Waals surface area contributed by atoms with Gasteiger partial charge >= 0.3 is 0 Å². The molecule has 0 spiro atoms. The maximum Gasteiger partial charge on any atom is 0.262 e. The minimum Gasteiger partial charge on any atom is -0.507 e. The Balaban J connectivity index is 2.04. The number of aromatic hydroxyl groups is 1. The van der Waals surface area contributed by atoms with Gasteiger partial charge in [0.15, 0.2) is 0 Å². The van der Waals surface area contributed by atoms with E-state index in [9.17, 15) is 5.11 Å². The fourth-order valence-electron chi connectivity index (χ4n) is 2.10. The second-order valence-corrected chi connectivity index (χ2v) is 4.59. The molecule has 21 heavy (non-hydrogen) atoms. The number of anilines is 1. The van der Waals surface area contributed by atoms with E-state index in [0.717, 1.165) is 17.5 Å². The summed E-state index contributed by atoms with van der Waals surface area (Å²) in [6, 6.07) is 6.61. The molecular formula is C15H14N4O2. The third-order valence-corrected chi connectivity index (χ3v) is 3.20. The second-order valence-electron chi connectivity index (χ2n) is 4.59. The highest BCUT2D eigenvalue weighted by Crippen LogP contribution is 2.31. The van der Waals surface area contributed by atoms with Crippen LogP contribution in [0.3, 0.4) is 0 Å². The van der Waals surface area contributed by atoms with Crippen LogP contribution in [-0.2, 0) is 6.42 Å². The highest BCUT2D eigenvalue weighted by atomic mass is 16.5. The van der Waals surface area contributed by atoms with Crippen molar-refractivity contribution in [2.24, 2.45) is 0 Å². The van der Waals surface area contributed by atoms with Crippen molar-refractivity contribution in [2.75, 3.05) is 5.73 Å². The van der Waals surface area contributed by atoms with Crippen molar-refractivity contribution in [3.8, 4) is 28.6 Å². The van der Waals surface area contributed by atoms with Crippen molar-refractivity contribution in [1.82, 2.24) is 15.1 Å². The third-order valence-electron chi connectivity index (χ3n) is 3.20. The molecule has 0 aliphatic rings. The van der Waals surface area contributed by atoms with E-state index in [0.29, 0.717) is 17.1 Å². The summed E-state index contributed by atoms with van der Waals surface area (Å²) in [6.07, 6.45) is 4.29. The Morgan fingerprint density at radius 1 is 1.24 bits per heavy atom. The van der Waals surface area contributed by atoms with Gasteiger partial charge in [-0.25, -0.2) is 0 Å². The summed E-state index contributed by atoms with van der Waals surface area (Å²) in [4.78, 5) is 8.43. The number of pyridine rings is 1. The predicted molar refractivity (Wildman–Crippen MR) is 78.4 cm³/mol. The molecule has 0 radical (unpaired) electrons. The molecule has 0 fully saturated rings. The van der Waals surface area contributed by atoms with Gasteiger partial charge in [0.2, 0.25) is 5.82 Å². The van der Waals surface area contributed by atoms with E-state index in [1.165, 1.54) is 6.07 Å². The lowest BCUT2D eigenvalue weighted by molar-refractivity contribution is 0.426. The fourth-order valence-corrected chi connectivity index (χ4v) is 2.10. The molecule has 0 saturated carbocycles. The lowest BCUT2D eigenvalue weighted by Crippen LogP contribution is -1.90. The monoisotopic (exact) mass is 282 g/mol. The second kappa shape index (κ2) is 5.24. The van der Waals surface area contributed by atoms with E-state index in [4.69, 9.17) is 10.3 Å². The molecule has 2 aromatic heterocycles. The molecule has 0 unspecified atom stereocenters.